The van der Waals surface area contributed by atoms with Gasteiger partial charge in [0, 0.05) is 12.1 Å². The highest BCUT2D eigenvalue weighted by atomic mass is 19.1. The molecule has 0 bridgehead atoms. The van der Waals surface area contributed by atoms with Gasteiger partial charge < -0.3 is 10.4 Å². The maximum Gasteiger partial charge on any atom is 0.123 e. The van der Waals surface area contributed by atoms with Crippen molar-refractivity contribution < 1.29 is 9.50 Å². The van der Waals surface area contributed by atoms with Crippen molar-refractivity contribution in [2.45, 2.75) is 57.2 Å². The zero-order valence-electron chi connectivity index (χ0n) is 10.9. The average molecular weight is 251 g/mol. The molecule has 18 heavy (non-hydrogen) atoms. The Hall–Kier alpha value is -0.930. The first-order valence-electron chi connectivity index (χ1n) is 6.90. The van der Waals surface area contributed by atoms with Gasteiger partial charge in [0.15, 0.2) is 0 Å². The number of rotatable bonds is 4. The minimum Gasteiger partial charge on any atom is -0.387 e. The lowest BCUT2D eigenvalue weighted by Gasteiger charge is -2.34. The topological polar surface area (TPSA) is 32.3 Å². The largest absolute Gasteiger partial charge is 0.387 e. The van der Waals surface area contributed by atoms with Gasteiger partial charge in [-0.1, -0.05) is 31.9 Å². The van der Waals surface area contributed by atoms with E-state index < -0.39 is 6.10 Å². The molecule has 0 aliphatic carbocycles. The van der Waals surface area contributed by atoms with Gasteiger partial charge in [-0.3, -0.25) is 0 Å². The summed E-state index contributed by atoms with van der Waals surface area (Å²) in [5.74, 6) is -0.258. The molecule has 3 heteroatoms. The van der Waals surface area contributed by atoms with Crippen LogP contribution in [-0.4, -0.2) is 17.2 Å². The Morgan fingerprint density at radius 3 is 2.72 bits per heavy atom. The molecule has 100 valence electrons. The van der Waals surface area contributed by atoms with E-state index in [-0.39, 0.29) is 11.9 Å². The minimum atomic E-state index is -0.537. The van der Waals surface area contributed by atoms with Gasteiger partial charge >= 0.3 is 0 Å². The number of nitrogens with one attached hydrogen (secondary N) is 1. The summed E-state index contributed by atoms with van der Waals surface area (Å²) >= 11 is 0. The summed E-state index contributed by atoms with van der Waals surface area (Å²) in [6, 6.07) is 6.77. The summed E-state index contributed by atoms with van der Waals surface area (Å²) in [6.07, 6.45) is 5.12. The van der Waals surface area contributed by atoms with Crippen LogP contribution in [0.15, 0.2) is 24.3 Å². The van der Waals surface area contributed by atoms with Crippen LogP contribution in [0.4, 0.5) is 4.39 Å². The lowest BCUT2D eigenvalue weighted by Crippen LogP contribution is -2.45. The highest BCUT2D eigenvalue weighted by molar-refractivity contribution is 5.20. The summed E-state index contributed by atoms with van der Waals surface area (Å²) in [7, 11) is 0. The first-order chi connectivity index (χ1) is 8.70. The van der Waals surface area contributed by atoms with Gasteiger partial charge in [0.25, 0.3) is 0 Å². The Bertz CT molecular complexity index is 363. The molecule has 0 radical (unpaired) electrons. The van der Waals surface area contributed by atoms with Gasteiger partial charge in [-0.15, -0.1) is 0 Å². The molecule has 2 rings (SSSR count). The molecule has 0 aromatic heterocycles. The second-order valence-electron chi connectivity index (χ2n) is 5.19. The van der Waals surface area contributed by atoms with Crippen LogP contribution in [0.2, 0.25) is 0 Å². The van der Waals surface area contributed by atoms with Gasteiger partial charge in [0.1, 0.15) is 5.82 Å². The fourth-order valence-corrected chi connectivity index (χ4v) is 2.77. The number of aliphatic hydroxyl groups excluding tert-OH is 1. The van der Waals surface area contributed by atoms with Gasteiger partial charge in [-0.2, -0.15) is 0 Å². The van der Waals surface area contributed by atoms with E-state index in [9.17, 15) is 9.50 Å². The normalized spacial score (nSPS) is 25.9. The standard InChI is InChI=1S/C15H22FNO/c1-2-4-13-5-3-6-14(17-13)15(18)11-7-9-12(16)10-8-11/h7-10,13-15,17-18H,2-6H2,1H3/t13-,14-,15-/m0/s1. The molecule has 1 aliphatic rings. The number of benzene rings is 1. The highest BCUT2D eigenvalue weighted by Crippen LogP contribution is 2.26. The fourth-order valence-electron chi connectivity index (χ4n) is 2.77. The lowest BCUT2D eigenvalue weighted by atomic mass is 9.90. The SMILES string of the molecule is CCC[C@H]1CCC[C@@H]([C@@H](O)c2ccc(F)cc2)N1. The first-order valence-corrected chi connectivity index (χ1v) is 6.90. The highest BCUT2D eigenvalue weighted by Gasteiger charge is 2.26. The van der Waals surface area contributed by atoms with Crippen molar-refractivity contribution in [3.63, 3.8) is 0 Å². The van der Waals surface area contributed by atoms with Crippen LogP contribution >= 0.6 is 0 Å². The molecule has 1 fully saturated rings. The van der Waals surface area contributed by atoms with E-state index in [2.05, 4.69) is 12.2 Å². The minimum absolute atomic E-state index is 0.0979. The van der Waals surface area contributed by atoms with Crippen molar-refractivity contribution in [2.75, 3.05) is 0 Å². The molecule has 0 amide bonds. The molecule has 3 atom stereocenters. The molecule has 2 N–H and O–H groups in total. The van der Waals surface area contributed by atoms with Crippen molar-refractivity contribution in [1.82, 2.24) is 5.32 Å². The van der Waals surface area contributed by atoms with Gasteiger partial charge in [-0.05, 0) is 37.0 Å². The van der Waals surface area contributed by atoms with E-state index >= 15 is 0 Å². The molecular weight excluding hydrogens is 229 g/mol. The third-order valence-corrected chi connectivity index (χ3v) is 3.75. The number of halogens is 1. The second-order valence-corrected chi connectivity index (χ2v) is 5.19. The molecule has 0 saturated carbocycles. The lowest BCUT2D eigenvalue weighted by molar-refractivity contribution is 0.0997. The zero-order chi connectivity index (χ0) is 13.0. The van der Waals surface area contributed by atoms with Gasteiger partial charge in [0.05, 0.1) is 6.10 Å². The molecule has 1 aromatic rings. The summed E-state index contributed by atoms with van der Waals surface area (Å²) in [5, 5.41) is 13.9. The summed E-state index contributed by atoms with van der Waals surface area (Å²) in [5.41, 5.74) is 0.797. The fraction of sp³-hybridized carbons (Fsp3) is 0.600. The number of piperidine rings is 1. The number of hydrogen-bond acceptors (Lipinski definition) is 2. The van der Waals surface area contributed by atoms with Crippen molar-refractivity contribution in [3.05, 3.63) is 35.6 Å². The van der Waals surface area contributed by atoms with Crippen molar-refractivity contribution in [1.29, 1.82) is 0 Å². The molecule has 1 heterocycles. The second kappa shape index (κ2) is 6.30. The van der Waals surface area contributed by atoms with Crippen LogP contribution < -0.4 is 5.32 Å². The van der Waals surface area contributed by atoms with Crippen molar-refractivity contribution in [3.8, 4) is 0 Å². The van der Waals surface area contributed by atoms with E-state index in [0.29, 0.717) is 6.04 Å². The molecule has 1 aliphatic heterocycles. The van der Waals surface area contributed by atoms with Crippen molar-refractivity contribution in [2.24, 2.45) is 0 Å². The zero-order valence-corrected chi connectivity index (χ0v) is 10.9. The van der Waals surface area contributed by atoms with E-state index in [0.717, 1.165) is 31.2 Å². The smallest absolute Gasteiger partial charge is 0.123 e. The quantitative estimate of drug-likeness (QED) is 0.861. The number of hydrogen-bond donors (Lipinski definition) is 2. The molecule has 0 spiro atoms. The third-order valence-electron chi connectivity index (χ3n) is 3.75. The van der Waals surface area contributed by atoms with Crippen LogP contribution in [0, 0.1) is 5.82 Å². The predicted molar refractivity (Wildman–Crippen MR) is 70.8 cm³/mol. The van der Waals surface area contributed by atoms with E-state index in [1.807, 2.05) is 0 Å². The summed E-state index contributed by atoms with van der Waals surface area (Å²) in [4.78, 5) is 0. The first kappa shape index (κ1) is 13.5. The summed E-state index contributed by atoms with van der Waals surface area (Å²) in [6.45, 7) is 2.18. The molecule has 2 nitrogen and oxygen atoms in total. The van der Waals surface area contributed by atoms with E-state index in [1.165, 1.54) is 18.6 Å². The maximum atomic E-state index is 12.9. The Balaban J connectivity index is 1.99. The van der Waals surface area contributed by atoms with Crippen LogP contribution in [-0.2, 0) is 0 Å². The third kappa shape index (κ3) is 3.30. The Morgan fingerprint density at radius 2 is 2.06 bits per heavy atom. The van der Waals surface area contributed by atoms with E-state index in [1.54, 1.807) is 12.1 Å². The van der Waals surface area contributed by atoms with Gasteiger partial charge in [0.2, 0.25) is 0 Å². The Labute approximate surface area is 108 Å². The Kier molecular flexibility index (Phi) is 4.72. The van der Waals surface area contributed by atoms with Gasteiger partial charge in [-0.25, -0.2) is 4.39 Å². The molecule has 1 aromatic carbocycles. The molecule has 0 unspecified atom stereocenters. The monoisotopic (exact) mass is 251 g/mol. The predicted octanol–water partition coefficient (Wildman–Crippen LogP) is 3.17. The van der Waals surface area contributed by atoms with Crippen LogP contribution in [0.25, 0.3) is 0 Å². The van der Waals surface area contributed by atoms with Crippen LogP contribution in [0.3, 0.4) is 0 Å². The van der Waals surface area contributed by atoms with Crippen molar-refractivity contribution >= 4 is 0 Å². The molecule has 1 saturated heterocycles. The molecular formula is C15H22FNO. The number of aliphatic hydroxyl groups is 1. The summed E-state index contributed by atoms with van der Waals surface area (Å²) < 4.78 is 12.9. The van der Waals surface area contributed by atoms with E-state index in [4.69, 9.17) is 0 Å². The maximum absolute atomic E-state index is 12.9. The van der Waals surface area contributed by atoms with Crippen LogP contribution in [0.5, 0.6) is 0 Å². The average Bonchev–Trinajstić information content (AvgIpc) is 2.39. The Morgan fingerprint density at radius 1 is 1.33 bits per heavy atom. The van der Waals surface area contributed by atoms with Crippen LogP contribution in [0.1, 0.15) is 50.7 Å².